The number of benzene rings is 1. The summed E-state index contributed by atoms with van der Waals surface area (Å²) in [5.74, 6) is 0. The number of rotatable bonds is 2. The van der Waals surface area contributed by atoms with Crippen LogP contribution in [0.1, 0.15) is 21.6 Å². The van der Waals surface area contributed by atoms with Crippen molar-refractivity contribution in [2.45, 2.75) is 13.8 Å². The molecule has 0 atom stereocenters. The fraction of sp³-hybridized carbons (Fsp3) is 0.133. The zero-order chi connectivity index (χ0) is 13.1. The number of nitrogens with zero attached hydrogens (tertiary/aromatic N) is 1. The van der Waals surface area contributed by atoms with Crippen LogP contribution >= 0.6 is 11.3 Å². The number of aryl methyl sites for hydroxylation is 2. The first-order chi connectivity index (χ1) is 8.61. The molecule has 0 unspecified atom stereocenters. The van der Waals surface area contributed by atoms with E-state index >= 15 is 0 Å². The van der Waals surface area contributed by atoms with Gasteiger partial charge in [-0.15, -0.1) is 11.3 Å². The molecule has 0 aliphatic rings. The maximum absolute atomic E-state index is 9.29. The second kappa shape index (κ2) is 5.07. The molecule has 2 nitrogen and oxygen atoms in total. The van der Waals surface area contributed by atoms with Crippen molar-refractivity contribution in [3.63, 3.8) is 0 Å². The molecule has 2 aromatic rings. The van der Waals surface area contributed by atoms with Gasteiger partial charge >= 0.3 is 0 Å². The van der Waals surface area contributed by atoms with Crippen LogP contribution in [-0.2, 0) is 0 Å². The van der Waals surface area contributed by atoms with Crippen LogP contribution in [0.25, 0.3) is 11.3 Å². The van der Waals surface area contributed by atoms with Crippen LogP contribution in [0.4, 0.5) is 0 Å². The summed E-state index contributed by atoms with van der Waals surface area (Å²) >= 11 is 1.53. The highest BCUT2D eigenvalue weighted by Crippen LogP contribution is 2.26. The summed E-state index contributed by atoms with van der Waals surface area (Å²) < 4.78 is 0. The molecule has 3 heteroatoms. The Labute approximate surface area is 111 Å². The van der Waals surface area contributed by atoms with Crippen molar-refractivity contribution >= 4 is 22.6 Å². The zero-order valence-corrected chi connectivity index (χ0v) is 11.2. The normalized spacial score (nSPS) is 11.8. The first-order valence-corrected chi connectivity index (χ1v) is 6.52. The third-order valence-corrected chi connectivity index (χ3v) is 3.57. The molecule has 1 aromatic carbocycles. The Morgan fingerprint density at radius 1 is 1.22 bits per heavy atom. The van der Waals surface area contributed by atoms with Crippen LogP contribution < -0.4 is 5.73 Å². The monoisotopic (exact) mass is 254 g/mol. The minimum atomic E-state index is 0.548. The minimum Gasteiger partial charge on any atom is -0.397 e. The van der Waals surface area contributed by atoms with Gasteiger partial charge in [0.05, 0.1) is 11.3 Å². The summed E-state index contributed by atoms with van der Waals surface area (Å²) in [6, 6.07) is 12.2. The van der Waals surface area contributed by atoms with E-state index in [0.717, 1.165) is 21.6 Å². The Bertz CT molecular complexity index is 611. The smallest absolute Gasteiger partial charge is 0.103 e. The number of allylic oxidation sites excluding steroid dienone is 1. The van der Waals surface area contributed by atoms with Crippen molar-refractivity contribution in [1.82, 2.24) is 0 Å². The van der Waals surface area contributed by atoms with Gasteiger partial charge < -0.3 is 5.73 Å². The zero-order valence-electron chi connectivity index (χ0n) is 10.4. The van der Waals surface area contributed by atoms with Gasteiger partial charge in [0.1, 0.15) is 6.07 Å². The Morgan fingerprint density at radius 2 is 1.89 bits per heavy atom. The van der Waals surface area contributed by atoms with Gasteiger partial charge in [0.2, 0.25) is 0 Å². The highest BCUT2D eigenvalue weighted by molar-refractivity contribution is 7.11. The Balaban J connectivity index is 2.58. The summed E-state index contributed by atoms with van der Waals surface area (Å²) in [4.78, 5) is 0.911. The van der Waals surface area contributed by atoms with Crippen LogP contribution in [-0.4, -0.2) is 0 Å². The molecule has 0 aliphatic carbocycles. The summed E-state index contributed by atoms with van der Waals surface area (Å²) in [6.45, 7) is 4.06. The first-order valence-electron chi connectivity index (χ1n) is 5.64. The van der Waals surface area contributed by atoms with Gasteiger partial charge in [-0.25, -0.2) is 0 Å². The SMILES string of the molecule is Cc1cc(C)cc(/C(N)=C(/C#N)c2cccs2)c1. The van der Waals surface area contributed by atoms with E-state index in [2.05, 4.69) is 12.1 Å². The molecule has 2 N–H and O–H groups in total. The number of thiophene rings is 1. The molecule has 2 rings (SSSR count). The standard InChI is InChI=1S/C15H14N2S/c1-10-6-11(2)8-12(7-10)15(17)13(9-16)14-4-3-5-18-14/h3-8H,17H2,1-2H3/b15-13+. The molecule has 18 heavy (non-hydrogen) atoms. The van der Waals surface area contributed by atoms with Crippen molar-refractivity contribution in [3.05, 3.63) is 57.3 Å². The predicted molar refractivity (Wildman–Crippen MR) is 76.8 cm³/mol. The average molecular weight is 254 g/mol. The Kier molecular flexibility index (Phi) is 3.50. The molecule has 1 heterocycles. The fourth-order valence-corrected chi connectivity index (χ4v) is 2.68. The van der Waals surface area contributed by atoms with Crippen LogP contribution in [0.3, 0.4) is 0 Å². The van der Waals surface area contributed by atoms with Crippen LogP contribution in [0.15, 0.2) is 35.7 Å². The minimum absolute atomic E-state index is 0.548. The third kappa shape index (κ3) is 2.44. The lowest BCUT2D eigenvalue weighted by atomic mass is 10.0. The Morgan fingerprint density at radius 3 is 2.39 bits per heavy atom. The molecular formula is C15H14N2S. The number of hydrogen-bond donors (Lipinski definition) is 1. The van der Waals surface area contributed by atoms with Gasteiger partial charge in [0.15, 0.2) is 0 Å². The van der Waals surface area contributed by atoms with Crippen molar-refractivity contribution in [2.75, 3.05) is 0 Å². The van der Waals surface area contributed by atoms with Gasteiger partial charge in [-0.1, -0.05) is 23.3 Å². The summed E-state index contributed by atoms with van der Waals surface area (Å²) in [5, 5.41) is 11.2. The summed E-state index contributed by atoms with van der Waals surface area (Å²) in [6.07, 6.45) is 0. The van der Waals surface area contributed by atoms with Gasteiger partial charge in [-0.05, 0) is 43.0 Å². The molecule has 0 spiro atoms. The molecule has 0 fully saturated rings. The van der Waals surface area contributed by atoms with Gasteiger partial charge in [0.25, 0.3) is 0 Å². The van der Waals surface area contributed by atoms with Crippen molar-refractivity contribution in [2.24, 2.45) is 5.73 Å². The van der Waals surface area contributed by atoms with E-state index in [1.807, 2.05) is 43.5 Å². The van der Waals surface area contributed by atoms with E-state index in [-0.39, 0.29) is 0 Å². The molecule has 0 saturated carbocycles. The lowest BCUT2D eigenvalue weighted by Crippen LogP contribution is -2.00. The summed E-state index contributed by atoms with van der Waals surface area (Å²) in [5.41, 5.74) is 10.5. The van der Waals surface area contributed by atoms with E-state index in [1.165, 1.54) is 11.3 Å². The average Bonchev–Trinajstić information content (AvgIpc) is 2.82. The molecule has 0 radical (unpaired) electrons. The number of nitriles is 1. The summed E-state index contributed by atoms with van der Waals surface area (Å²) in [7, 11) is 0. The fourth-order valence-electron chi connectivity index (χ4n) is 1.94. The third-order valence-electron chi connectivity index (χ3n) is 2.68. The highest BCUT2D eigenvalue weighted by atomic mass is 32.1. The maximum Gasteiger partial charge on any atom is 0.103 e. The molecule has 0 saturated heterocycles. The number of nitrogens with two attached hydrogens (primary N) is 1. The van der Waals surface area contributed by atoms with E-state index in [9.17, 15) is 5.26 Å². The second-order valence-electron chi connectivity index (χ2n) is 4.25. The number of hydrogen-bond acceptors (Lipinski definition) is 3. The largest absolute Gasteiger partial charge is 0.397 e. The maximum atomic E-state index is 9.29. The van der Waals surface area contributed by atoms with Crippen molar-refractivity contribution in [3.8, 4) is 6.07 Å². The van der Waals surface area contributed by atoms with Crippen LogP contribution in [0.2, 0.25) is 0 Å². The Hall–Kier alpha value is -2.05. The molecule has 1 aromatic heterocycles. The molecule has 0 bridgehead atoms. The molecule has 0 aliphatic heterocycles. The van der Waals surface area contributed by atoms with Crippen LogP contribution in [0, 0.1) is 25.2 Å². The predicted octanol–water partition coefficient (Wildman–Crippen LogP) is 3.72. The van der Waals surface area contributed by atoms with E-state index < -0.39 is 0 Å². The van der Waals surface area contributed by atoms with Gasteiger partial charge in [0, 0.05) is 4.88 Å². The molecule has 0 amide bonds. The van der Waals surface area contributed by atoms with E-state index in [4.69, 9.17) is 5.73 Å². The first kappa shape index (κ1) is 12.4. The lowest BCUT2D eigenvalue weighted by Gasteiger charge is -2.07. The topological polar surface area (TPSA) is 49.8 Å². The van der Waals surface area contributed by atoms with Gasteiger partial charge in [-0.2, -0.15) is 5.26 Å². The van der Waals surface area contributed by atoms with Gasteiger partial charge in [-0.3, -0.25) is 0 Å². The van der Waals surface area contributed by atoms with Crippen molar-refractivity contribution < 1.29 is 0 Å². The van der Waals surface area contributed by atoms with E-state index in [0.29, 0.717) is 11.3 Å². The molecular weight excluding hydrogens is 240 g/mol. The lowest BCUT2D eigenvalue weighted by molar-refractivity contribution is 1.35. The quantitative estimate of drug-likeness (QED) is 0.830. The van der Waals surface area contributed by atoms with Crippen LogP contribution in [0.5, 0.6) is 0 Å². The second-order valence-corrected chi connectivity index (χ2v) is 5.20. The highest BCUT2D eigenvalue weighted by Gasteiger charge is 2.09. The van der Waals surface area contributed by atoms with Crippen molar-refractivity contribution in [1.29, 1.82) is 5.26 Å². The molecule has 90 valence electrons. The van der Waals surface area contributed by atoms with E-state index in [1.54, 1.807) is 0 Å².